The van der Waals surface area contributed by atoms with Crippen molar-refractivity contribution in [3.8, 4) is 11.5 Å². The van der Waals surface area contributed by atoms with Crippen molar-refractivity contribution in [1.29, 1.82) is 0 Å². The van der Waals surface area contributed by atoms with Gasteiger partial charge in [0.1, 0.15) is 15.7 Å². The summed E-state index contributed by atoms with van der Waals surface area (Å²) in [6.07, 6.45) is 0. The minimum absolute atomic E-state index is 0.139. The van der Waals surface area contributed by atoms with Gasteiger partial charge in [0, 0.05) is 22.6 Å². The first kappa shape index (κ1) is 16.3. The zero-order valence-electron chi connectivity index (χ0n) is 11.4. The molecule has 0 aliphatic carbocycles. The lowest BCUT2D eigenvalue weighted by atomic mass is 10.2. The molecule has 0 radical (unpaired) electrons. The number of halogens is 1. The van der Waals surface area contributed by atoms with Crippen LogP contribution in [0.15, 0.2) is 38.3 Å². The number of hydrogen-bond acceptors (Lipinski definition) is 5. The van der Waals surface area contributed by atoms with Crippen LogP contribution in [0.4, 0.5) is 0 Å². The zero-order valence-corrected chi connectivity index (χ0v) is 14.6. The molecule has 0 aliphatic rings. The van der Waals surface area contributed by atoms with Gasteiger partial charge in [-0.1, -0.05) is 6.07 Å². The van der Waals surface area contributed by atoms with Crippen LogP contribution < -0.4 is 14.2 Å². The van der Waals surface area contributed by atoms with Crippen molar-refractivity contribution in [3.05, 3.63) is 39.7 Å². The number of hydrogen-bond donors (Lipinski definition) is 1. The second kappa shape index (κ2) is 6.78. The molecule has 1 N–H and O–H groups in total. The fourth-order valence-electron chi connectivity index (χ4n) is 1.71. The van der Waals surface area contributed by atoms with E-state index >= 15 is 0 Å². The second-order valence-corrected chi connectivity index (χ2v) is 7.79. The van der Waals surface area contributed by atoms with E-state index in [0.29, 0.717) is 16.0 Å². The van der Waals surface area contributed by atoms with Gasteiger partial charge in [-0.05, 0) is 33.4 Å². The van der Waals surface area contributed by atoms with Crippen LogP contribution in [0.3, 0.4) is 0 Å². The molecule has 0 atom stereocenters. The number of benzene rings is 1. The van der Waals surface area contributed by atoms with Gasteiger partial charge in [-0.3, -0.25) is 0 Å². The topological polar surface area (TPSA) is 64.6 Å². The van der Waals surface area contributed by atoms with E-state index in [1.807, 2.05) is 0 Å². The summed E-state index contributed by atoms with van der Waals surface area (Å²) in [5, 5.41) is 1.71. The molecule has 0 saturated carbocycles. The largest absolute Gasteiger partial charge is 0.497 e. The Morgan fingerprint density at radius 1 is 1.24 bits per heavy atom. The van der Waals surface area contributed by atoms with E-state index in [4.69, 9.17) is 9.47 Å². The first-order chi connectivity index (χ1) is 9.97. The average molecular weight is 392 g/mol. The smallest absolute Gasteiger partial charge is 0.251 e. The van der Waals surface area contributed by atoms with Crippen molar-refractivity contribution in [2.24, 2.45) is 0 Å². The molecule has 2 rings (SSSR count). The van der Waals surface area contributed by atoms with E-state index < -0.39 is 10.0 Å². The Balaban J connectivity index is 2.18. The van der Waals surface area contributed by atoms with E-state index in [1.165, 1.54) is 7.11 Å². The lowest BCUT2D eigenvalue weighted by Gasteiger charge is -2.11. The maximum absolute atomic E-state index is 12.2. The van der Waals surface area contributed by atoms with Crippen LogP contribution in [0.25, 0.3) is 0 Å². The summed E-state index contributed by atoms with van der Waals surface area (Å²) in [4.78, 5) is 0. The summed E-state index contributed by atoms with van der Waals surface area (Å²) < 4.78 is 38.2. The standard InChI is InChI=1S/C13H14BrNO4S2/c1-18-10-4-3-9(12(7-10)19-2)8-15-21(16,17)13-11(14)5-6-20-13/h3-7,15H,8H2,1-2H3. The molecule has 0 unspecified atom stereocenters. The number of nitrogens with one attached hydrogen (secondary N) is 1. The normalized spacial score (nSPS) is 11.4. The van der Waals surface area contributed by atoms with Crippen LogP contribution in [-0.4, -0.2) is 22.6 Å². The molecule has 1 aromatic heterocycles. The van der Waals surface area contributed by atoms with Gasteiger partial charge in [-0.15, -0.1) is 11.3 Å². The molecule has 1 heterocycles. The van der Waals surface area contributed by atoms with Crippen molar-refractivity contribution in [1.82, 2.24) is 4.72 Å². The first-order valence-electron chi connectivity index (χ1n) is 5.91. The third-order valence-electron chi connectivity index (χ3n) is 2.78. The molecule has 0 spiro atoms. The van der Waals surface area contributed by atoms with E-state index in [0.717, 1.165) is 16.9 Å². The van der Waals surface area contributed by atoms with Crippen LogP contribution in [0, 0.1) is 0 Å². The fourth-order valence-corrected chi connectivity index (χ4v) is 5.09. The Bertz CT molecular complexity index is 728. The van der Waals surface area contributed by atoms with Gasteiger partial charge in [0.2, 0.25) is 0 Å². The van der Waals surface area contributed by atoms with Crippen molar-refractivity contribution < 1.29 is 17.9 Å². The number of methoxy groups -OCH3 is 2. The molecule has 0 bridgehead atoms. The third kappa shape index (κ3) is 3.76. The third-order valence-corrected chi connectivity index (χ3v) is 6.85. The molecule has 1 aromatic carbocycles. The molecule has 8 heteroatoms. The zero-order chi connectivity index (χ0) is 15.5. The van der Waals surface area contributed by atoms with E-state index in [1.54, 1.807) is 36.8 Å². The maximum Gasteiger partial charge on any atom is 0.251 e. The van der Waals surface area contributed by atoms with Gasteiger partial charge >= 0.3 is 0 Å². The molecule has 5 nitrogen and oxygen atoms in total. The summed E-state index contributed by atoms with van der Waals surface area (Å²) in [5.41, 5.74) is 0.731. The summed E-state index contributed by atoms with van der Waals surface area (Å²) in [6, 6.07) is 6.94. The highest BCUT2D eigenvalue weighted by Gasteiger charge is 2.19. The highest BCUT2D eigenvalue weighted by Crippen LogP contribution is 2.28. The average Bonchev–Trinajstić information content (AvgIpc) is 2.92. The predicted molar refractivity (Wildman–Crippen MR) is 85.6 cm³/mol. The van der Waals surface area contributed by atoms with Gasteiger partial charge in [0.25, 0.3) is 10.0 Å². The minimum Gasteiger partial charge on any atom is -0.497 e. The van der Waals surface area contributed by atoms with Crippen LogP contribution in [0.5, 0.6) is 11.5 Å². The van der Waals surface area contributed by atoms with Crippen LogP contribution in [0.1, 0.15) is 5.56 Å². The minimum atomic E-state index is -3.55. The molecular formula is C13H14BrNO4S2. The Hall–Kier alpha value is -1.09. The van der Waals surface area contributed by atoms with Gasteiger partial charge in [0.05, 0.1) is 14.2 Å². The molecule has 2 aromatic rings. The summed E-state index contributed by atoms with van der Waals surface area (Å²) in [6.45, 7) is 0.139. The quantitative estimate of drug-likeness (QED) is 0.821. The van der Waals surface area contributed by atoms with Crippen molar-refractivity contribution >= 4 is 37.3 Å². The fraction of sp³-hybridized carbons (Fsp3) is 0.231. The highest BCUT2D eigenvalue weighted by atomic mass is 79.9. The van der Waals surface area contributed by atoms with Crippen molar-refractivity contribution in [3.63, 3.8) is 0 Å². The van der Waals surface area contributed by atoms with Crippen LogP contribution in [0.2, 0.25) is 0 Å². The van der Waals surface area contributed by atoms with E-state index in [2.05, 4.69) is 20.7 Å². The Morgan fingerprint density at radius 2 is 2.00 bits per heavy atom. The predicted octanol–water partition coefficient (Wildman–Crippen LogP) is 3.01. The lowest BCUT2D eigenvalue weighted by molar-refractivity contribution is 0.390. The molecule has 0 amide bonds. The first-order valence-corrected chi connectivity index (χ1v) is 9.07. The molecule has 21 heavy (non-hydrogen) atoms. The monoisotopic (exact) mass is 391 g/mol. The maximum atomic E-state index is 12.2. The van der Waals surface area contributed by atoms with Gasteiger partial charge in [-0.25, -0.2) is 13.1 Å². The second-order valence-electron chi connectivity index (χ2n) is 4.06. The number of ether oxygens (including phenoxy) is 2. The SMILES string of the molecule is COc1ccc(CNS(=O)(=O)c2sccc2Br)c(OC)c1. The van der Waals surface area contributed by atoms with Gasteiger partial charge in [-0.2, -0.15) is 0 Å². The molecular weight excluding hydrogens is 378 g/mol. The van der Waals surface area contributed by atoms with Gasteiger partial charge < -0.3 is 9.47 Å². The van der Waals surface area contributed by atoms with E-state index in [-0.39, 0.29) is 10.8 Å². The van der Waals surface area contributed by atoms with Crippen LogP contribution in [-0.2, 0) is 16.6 Å². The molecule has 0 aliphatic heterocycles. The van der Waals surface area contributed by atoms with Crippen molar-refractivity contribution in [2.75, 3.05) is 14.2 Å². The summed E-state index contributed by atoms with van der Waals surface area (Å²) in [7, 11) is -0.460. The summed E-state index contributed by atoms with van der Waals surface area (Å²) >= 11 is 4.38. The highest BCUT2D eigenvalue weighted by molar-refractivity contribution is 9.10. The molecule has 0 fully saturated rings. The van der Waals surface area contributed by atoms with E-state index in [9.17, 15) is 8.42 Å². The molecule has 114 valence electrons. The Labute approximate surface area is 136 Å². The molecule has 0 saturated heterocycles. The number of rotatable bonds is 6. The Morgan fingerprint density at radius 3 is 2.57 bits per heavy atom. The summed E-state index contributed by atoms with van der Waals surface area (Å²) in [5.74, 6) is 1.22. The lowest BCUT2D eigenvalue weighted by Crippen LogP contribution is -2.23. The van der Waals surface area contributed by atoms with Crippen molar-refractivity contribution in [2.45, 2.75) is 10.8 Å². The Kier molecular flexibility index (Phi) is 5.26. The number of thiophene rings is 1. The van der Waals surface area contributed by atoms with Crippen LogP contribution >= 0.6 is 27.3 Å². The van der Waals surface area contributed by atoms with Gasteiger partial charge in [0.15, 0.2) is 0 Å². The number of sulfonamides is 1.